The Morgan fingerprint density at radius 2 is 2.08 bits per heavy atom. The van der Waals surface area contributed by atoms with Gasteiger partial charge in [-0.25, -0.2) is 0 Å². The molecule has 0 aromatic carbocycles. The molecule has 0 aromatic heterocycles. The lowest BCUT2D eigenvalue weighted by molar-refractivity contribution is 0.163. The van der Waals surface area contributed by atoms with Gasteiger partial charge in [0.25, 0.3) is 0 Å². The number of rotatable bonds is 3. The fraction of sp³-hybridized carbons (Fsp3) is 1.00. The zero-order valence-electron chi connectivity index (χ0n) is 8.41. The summed E-state index contributed by atoms with van der Waals surface area (Å²) in [6, 6.07) is 0.250. The summed E-state index contributed by atoms with van der Waals surface area (Å²) < 4.78 is 0. The van der Waals surface area contributed by atoms with Crippen LogP contribution >= 0.6 is 11.8 Å². The van der Waals surface area contributed by atoms with E-state index in [1.165, 1.54) is 25.7 Å². The Bertz CT molecular complexity index is 141. The predicted molar refractivity (Wildman–Crippen MR) is 59.0 cm³/mol. The lowest BCUT2D eigenvalue weighted by Crippen LogP contribution is -2.25. The molecule has 2 nitrogen and oxygen atoms in total. The Morgan fingerprint density at radius 3 is 2.77 bits per heavy atom. The SMILES string of the molecule is CC(N)CSC1CCCCCC1O. The molecule has 3 heteroatoms. The maximum Gasteiger partial charge on any atom is 0.0658 e. The van der Waals surface area contributed by atoms with Crippen LogP contribution in [0.15, 0.2) is 0 Å². The topological polar surface area (TPSA) is 46.2 Å². The molecule has 0 bridgehead atoms. The Labute approximate surface area is 85.3 Å². The minimum atomic E-state index is -0.0914. The first-order valence-corrected chi connectivity index (χ1v) is 6.30. The number of aliphatic hydroxyl groups is 1. The molecule has 3 atom stereocenters. The highest BCUT2D eigenvalue weighted by molar-refractivity contribution is 8.00. The van der Waals surface area contributed by atoms with Crippen LogP contribution in [0.2, 0.25) is 0 Å². The van der Waals surface area contributed by atoms with E-state index in [4.69, 9.17) is 5.73 Å². The van der Waals surface area contributed by atoms with E-state index >= 15 is 0 Å². The molecule has 0 heterocycles. The van der Waals surface area contributed by atoms with Gasteiger partial charge in [-0.1, -0.05) is 19.3 Å². The molecule has 1 rings (SSSR count). The summed E-state index contributed by atoms with van der Waals surface area (Å²) in [5.41, 5.74) is 5.69. The van der Waals surface area contributed by atoms with Gasteiger partial charge in [-0.2, -0.15) is 11.8 Å². The van der Waals surface area contributed by atoms with Gasteiger partial charge < -0.3 is 10.8 Å². The minimum Gasteiger partial charge on any atom is -0.392 e. The molecule has 0 spiro atoms. The van der Waals surface area contributed by atoms with Gasteiger partial charge in [-0.05, 0) is 19.8 Å². The van der Waals surface area contributed by atoms with Crippen LogP contribution < -0.4 is 5.73 Å². The number of hydrogen-bond donors (Lipinski definition) is 2. The third-order valence-electron chi connectivity index (χ3n) is 2.49. The quantitative estimate of drug-likeness (QED) is 0.687. The highest BCUT2D eigenvalue weighted by Gasteiger charge is 2.21. The lowest BCUT2D eigenvalue weighted by atomic mass is 10.1. The maximum atomic E-state index is 9.80. The highest BCUT2D eigenvalue weighted by Crippen LogP contribution is 2.27. The van der Waals surface area contributed by atoms with E-state index in [1.807, 2.05) is 18.7 Å². The number of nitrogens with two attached hydrogens (primary N) is 1. The monoisotopic (exact) mass is 203 g/mol. The van der Waals surface area contributed by atoms with Crippen LogP contribution in [0.5, 0.6) is 0 Å². The highest BCUT2D eigenvalue weighted by atomic mass is 32.2. The summed E-state index contributed by atoms with van der Waals surface area (Å²) in [5.74, 6) is 0.974. The Hall–Kier alpha value is 0.270. The van der Waals surface area contributed by atoms with Crippen molar-refractivity contribution in [3.05, 3.63) is 0 Å². The van der Waals surface area contributed by atoms with Crippen LogP contribution in [0, 0.1) is 0 Å². The molecular weight excluding hydrogens is 182 g/mol. The summed E-state index contributed by atoms with van der Waals surface area (Å²) in [5, 5.41) is 10.2. The summed E-state index contributed by atoms with van der Waals surface area (Å²) >= 11 is 1.85. The summed E-state index contributed by atoms with van der Waals surface area (Å²) in [7, 11) is 0. The second-order valence-corrected chi connectivity index (χ2v) is 5.33. The zero-order valence-corrected chi connectivity index (χ0v) is 9.22. The van der Waals surface area contributed by atoms with Gasteiger partial charge in [-0.3, -0.25) is 0 Å². The first kappa shape index (κ1) is 11.3. The molecule has 0 aromatic rings. The second-order valence-electron chi connectivity index (χ2n) is 4.05. The zero-order chi connectivity index (χ0) is 9.68. The molecule has 0 saturated heterocycles. The largest absolute Gasteiger partial charge is 0.392 e. The van der Waals surface area contributed by atoms with Crippen molar-refractivity contribution < 1.29 is 5.11 Å². The predicted octanol–water partition coefficient (Wildman–Crippen LogP) is 1.76. The van der Waals surface area contributed by atoms with Crippen LogP contribution in [0.25, 0.3) is 0 Å². The van der Waals surface area contributed by atoms with Crippen molar-refractivity contribution in [2.45, 2.75) is 56.4 Å². The standard InChI is InChI=1S/C10H21NOS/c1-8(11)7-13-10-6-4-2-3-5-9(10)12/h8-10,12H,2-7,11H2,1H3. The van der Waals surface area contributed by atoms with E-state index in [1.54, 1.807) is 0 Å². The average Bonchev–Trinajstić information content (AvgIpc) is 2.27. The van der Waals surface area contributed by atoms with Gasteiger partial charge in [0, 0.05) is 17.0 Å². The molecule has 0 amide bonds. The van der Waals surface area contributed by atoms with E-state index in [0.29, 0.717) is 5.25 Å². The minimum absolute atomic E-state index is 0.0914. The Kier molecular flexibility index (Phi) is 5.14. The fourth-order valence-electron chi connectivity index (χ4n) is 1.72. The van der Waals surface area contributed by atoms with Crippen LogP contribution in [0.4, 0.5) is 0 Å². The molecule has 1 aliphatic carbocycles. The van der Waals surface area contributed by atoms with E-state index in [-0.39, 0.29) is 12.1 Å². The first-order chi connectivity index (χ1) is 6.20. The Balaban J connectivity index is 2.27. The van der Waals surface area contributed by atoms with Crippen molar-refractivity contribution in [3.63, 3.8) is 0 Å². The third-order valence-corrected chi connectivity index (χ3v) is 4.19. The van der Waals surface area contributed by atoms with E-state index < -0.39 is 0 Å². The first-order valence-electron chi connectivity index (χ1n) is 5.25. The van der Waals surface area contributed by atoms with Gasteiger partial charge in [0.1, 0.15) is 0 Å². The average molecular weight is 203 g/mol. The van der Waals surface area contributed by atoms with Crippen molar-refractivity contribution in [2.75, 3.05) is 5.75 Å². The normalized spacial score (nSPS) is 32.5. The van der Waals surface area contributed by atoms with Crippen molar-refractivity contribution >= 4 is 11.8 Å². The number of aliphatic hydroxyl groups excluding tert-OH is 1. The van der Waals surface area contributed by atoms with Gasteiger partial charge >= 0.3 is 0 Å². The van der Waals surface area contributed by atoms with Gasteiger partial charge in [0.05, 0.1) is 6.10 Å². The maximum absolute atomic E-state index is 9.80. The molecule has 78 valence electrons. The molecular formula is C10H21NOS. The van der Waals surface area contributed by atoms with Crippen LogP contribution in [-0.2, 0) is 0 Å². The van der Waals surface area contributed by atoms with Crippen LogP contribution in [0.1, 0.15) is 39.0 Å². The molecule has 0 aliphatic heterocycles. The molecule has 1 aliphatic rings. The number of thioether (sulfide) groups is 1. The van der Waals surface area contributed by atoms with E-state index in [2.05, 4.69) is 0 Å². The smallest absolute Gasteiger partial charge is 0.0658 e. The Morgan fingerprint density at radius 1 is 1.38 bits per heavy atom. The van der Waals surface area contributed by atoms with E-state index in [9.17, 15) is 5.11 Å². The lowest BCUT2D eigenvalue weighted by Gasteiger charge is -2.20. The molecule has 3 N–H and O–H groups in total. The summed E-state index contributed by atoms with van der Waals surface area (Å²) in [6.45, 7) is 2.02. The summed E-state index contributed by atoms with van der Waals surface area (Å²) in [4.78, 5) is 0. The molecule has 3 unspecified atom stereocenters. The molecule has 13 heavy (non-hydrogen) atoms. The molecule has 0 radical (unpaired) electrons. The molecule has 1 saturated carbocycles. The summed E-state index contributed by atoms with van der Waals surface area (Å²) in [6.07, 6.45) is 5.80. The van der Waals surface area contributed by atoms with Crippen molar-refractivity contribution in [2.24, 2.45) is 5.73 Å². The van der Waals surface area contributed by atoms with Crippen LogP contribution in [-0.4, -0.2) is 28.3 Å². The molecule has 1 fully saturated rings. The van der Waals surface area contributed by atoms with Crippen LogP contribution in [0.3, 0.4) is 0 Å². The van der Waals surface area contributed by atoms with Crippen molar-refractivity contribution in [3.8, 4) is 0 Å². The number of hydrogen-bond acceptors (Lipinski definition) is 3. The van der Waals surface area contributed by atoms with Crippen molar-refractivity contribution in [1.82, 2.24) is 0 Å². The van der Waals surface area contributed by atoms with E-state index in [0.717, 1.165) is 12.2 Å². The van der Waals surface area contributed by atoms with Gasteiger partial charge in [0.15, 0.2) is 0 Å². The van der Waals surface area contributed by atoms with Gasteiger partial charge in [0.2, 0.25) is 0 Å². The van der Waals surface area contributed by atoms with Gasteiger partial charge in [-0.15, -0.1) is 0 Å². The second kappa shape index (κ2) is 5.89. The van der Waals surface area contributed by atoms with Crippen molar-refractivity contribution in [1.29, 1.82) is 0 Å². The third kappa shape index (κ3) is 4.34. The fourth-order valence-corrected chi connectivity index (χ4v) is 2.97.